The minimum atomic E-state index is -0.929. The van der Waals surface area contributed by atoms with E-state index in [2.05, 4.69) is 0 Å². The Morgan fingerprint density at radius 3 is 2.47 bits per heavy atom. The van der Waals surface area contributed by atoms with E-state index in [0.29, 0.717) is 35.4 Å². The maximum atomic E-state index is 13.3. The number of rotatable bonds is 5. The number of nitrogens with zero attached hydrogens (tertiary/aromatic N) is 1. The molecule has 0 spiro atoms. The van der Waals surface area contributed by atoms with Gasteiger partial charge in [0.25, 0.3) is 11.7 Å². The highest BCUT2D eigenvalue weighted by Crippen LogP contribution is 2.43. The number of phenolic OH excluding ortho intramolecular Hbond substituents is 1. The zero-order valence-electron chi connectivity index (χ0n) is 19.4. The Balaban J connectivity index is 1.62. The molecular weight excluding hydrogens is 462 g/mol. The lowest BCUT2D eigenvalue weighted by Crippen LogP contribution is -2.29. The molecule has 0 aromatic heterocycles. The summed E-state index contributed by atoms with van der Waals surface area (Å²) in [5.74, 6) is -1.53. The van der Waals surface area contributed by atoms with E-state index >= 15 is 0 Å². The van der Waals surface area contributed by atoms with Crippen LogP contribution < -0.4 is 9.64 Å². The summed E-state index contributed by atoms with van der Waals surface area (Å²) in [4.78, 5) is 39.5. The zero-order chi connectivity index (χ0) is 25.4. The van der Waals surface area contributed by atoms with Gasteiger partial charge in [-0.05, 0) is 59.2 Å². The fraction of sp³-hybridized carbons (Fsp3) is 0.179. The second-order valence-corrected chi connectivity index (χ2v) is 8.60. The number of esters is 1. The standard InChI is InChI=1S/C28H23NO7/c1-35-23(31)14-16-2-7-20(8-3-16)29-25(17-4-9-21(30)10-5-17)24(27(33)28(29)34)26(32)19-6-11-22-18(15-19)12-13-36-22/h2-11,15,25,30,32H,12-14H2,1H3/b26-24-. The number of aliphatic hydroxyl groups excluding tert-OH is 1. The van der Waals surface area contributed by atoms with Crippen molar-refractivity contribution in [3.63, 3.8) is 0 Å². The van der Waals surface area contributed by atoms with Crippen LogP contribution in [0.25, 0.3) is 5.76 Å². The number of ether oxygens (including phenoxy) is 2. The van der Waals surface area contributed by atoms with Gasteiger partial charge in [0.2, 0.25) is 0 Å². The maximum absolute atomic E-state index is 13.3. The molecule has 2 aliphatic rings. The molecule has 1 unspecified atom stereocenters. The van der Waals surface area contributed by atoms with Crippen LogP contribution in [0.2, 0.25) is 0 Å². The number of ketones is 1. The summed E-state index contributed by atoms with van der Waals surface area (Å²) in [7, 11) is 1.31. The molecule has 182 valence electrons. The van der Waals surface area contributed by atoms with Crippen LogP contribution in [0.3, 0.4) is 0 Å². The number of carbonyl (C=O) groups excluding carboxylic acids is 3. The second-order valence-electron chi connectivity index (χ2n) is 8.60. The van der Waals surface area contributed by atoms with Crippen LogP contribution in [0.4, 0.5) is 5.69 Å². The van der Waals surface area contributed by atoms with E-state index in [-0.39, 0.29) is 23.5 Å². The fourth-order valence-electron chi connectivity index (χ4n) is 4.57. The molecule has 8 heteroatoms. The Hall–Kier alpha value is -4.59. The number of amides is 1. The minimum Gasteiger partial charge on any atom is -0.508 e. The number of Topliss-reactive ketones (excluding diaryl/α,β-unsaturated/α-hetero) is 1. The Morgan fingerprint density at radius 1 is 1.06 bits per heavy atom. The van der Waals surface area contributed by atoms with E-state index in [0.717, 1.165) is 11.3 Å². The minimum absolute atomic E-state index is 0.0292. The number of hydrogen-bond donors (Lipinski definition) is 2. The maximum Gasteiger partial charge on any atom is 0.309 e. The number of fused-ring (bicyclic) bond motifs is 1. The average Bonchev–Trinajstić information content (AvgIpc) is 3.46. The quantitative estimate of drug-likeness (QED) is 0.245. The molecule has 2 aliphatic heterocycles. The first-order valence-electron chi connectivity index (χ1n) is 11.4. The lowest BCUT2D eigenvalue weighted by molar-refractivity contribution is -0.139. The van der Waals surface area contributed by atoms with Gasteiger partial charge >= 0.3 is 5.97 Å². The molecule has 2 N–H and O–H groups in total. The van der Waals surface area contributed by atoms with Gasteiger partial charge in [-0.15, -0.1) is 0 Å². The normalized spacial score (nSPS) is 18.1. The molecule has 3 aromatic rings. The van der Waals surface area contributed by atoms with Gasteiger partial charge in [0.1, 0.15) is 17.3 Å². The molecule has 8 nitrogen and oxygen atoms in total. The first-order chi connectivity index (χ1) is 17.4. The number of aromatic hydroxyl groups is 1. The van der Waals surface area contributed by atoms with E-state index in [1.807, 2.05) is 0 Å². The molecular formula is C28H23NO7. The third-order valence-corrected chi connectivity index (χ3v) is 6.41. The summed E-state index contributed by atoms with van der Waals surface area (Å²) in [6.07, 6.45) is 0.753. The van der Waals surface area contributed by atoms with Crippen LogP contribution in [0.1, 0.15) is 28.3 Å². The summed E-state index contributed by atoms with van der Waals surface area (Å²) >= 11 is 0. The molecule has 0 aliphatic carbocycles. The molecule has 1 fully saturated rings. The summed E-state index contributed by atoms with van der Waals surface area (Å²) in [5, 5.41) is 21.1. The molecule has 1 saturated heterocycles. The van der Waals surface area contributed by atoms with Crippen molar-refractivity contribution in [2.24, 2.45) is 0 Å². The Morgan fingerprint density at radius 2 is 1.78 bits per heavy atom. The number of anilines is 1. The van der Waals surface area contributed by atoms with Gasteiger partial charge in [-0.2, -0.15) is 0 Å². The number of hydrogen-bond acceptors (Lipinski definition) is 7. The Bertz CT molecular complexity index is 1390. The lowest BCUT2D eigenvalue weighted by Gasteiger charge is -2.25. The molecule has 0 bridgehead atoms. The molecule has 3 aromatic carbocycles. The van der Waals surface area contributed by atoms with Crippen molar-refractivity contribution in [3.05, 3.63) is 94.6 Å². The average molecular weight is 485 g/mol. The highest BCUT2D eigenvalue weighted by Gasteiger charge is 2.47. The van der Waals surface area contributed by atoms with Crippen molar-refractivity contribution >= 4 is 29.1 Å². The van der Waals surface area contributed by atoms with Crippen LogP contribution in [0.5, 0.6) is 11.5 Å². The first-order valence-corrected chi connectivity index (χ1v) is 11.4. The second kappa shape index (κ2) is 9.22. The predicted molar refractivity (Wildman–Crippen MR) is 131 cm³/mol. The molecule has 2 heterocycles. The van der Waals surface area contributed by atoms with Crippen molar-refractivity contribution < 1.29 is 34.1 Å². The summed E-state index contributed by atoms with van der Waals surface area (Å²) in [6.45, 7) is 0.545. The molecule has 36 heavy (non-hydrogen) atoms. The number of benzene rings is 3. The summed E-state index contributed by atoms with van der Waals surface area (Å²) in [6, 6.07) is 17.0. The van der Waals surface area contributed by atoms with Crippen LogP contribution >= 0.6 is 0 Å². The van der Waals surface area contributed by atoms with E-state index in [1.165, 1.54) is 24.1 Å². The molecule has 0 radical (unpaired) electrons. The monoisotopic (exact) mass is 485 g/mol. The van der Waals surface area contributed by atoms with E-state index in [4.69, 9.17) is 9.47 Å². The molecule has 1 amide bonds. The largest absolute Gasteiger partial charge is 0.508 e. The van der Waals surface area contributed by atoms with Gasteiger partial charge in [-0.3, -0.25) is 19.3 Å². The van der Waals surface area contributed by atoms with Crippen molar-refractivity contribution in [1.29, 1.82) is 0 Å². The zero-order valence-corrected chi connectivity index (χ0v) is 19.4. The Labute approximate surface area is 207 Å². The molecule has 1 atom stereocenters. The van der Waals surface area contributed by atoms with Gasteiger partial charge in [0, 0.05) is 17.7 Å². The number of methoxy groups -OCH3 is 1. The number of aliphatic hydroxyl groups is 1. The topological polar surface area (TPSA) is 113 Å². The first kappa shape index (κ1) is 23.2. The number of carbonyl (C=O) groups is 3. The van der Waals surface area contributed by atoms with E-state index < -0.39 is 23.7 Å². The predicted octanol–water partition coefficient (Wildman–Crippen LogP) is 3.67. The smallest absolute Gasteiger partial charge is 0.309 e. The van der Waals surface area contributed by atoms with E-state index in [9.17, 15) is 24.6 Å². The van der Waals surface area contributed by atoms with Gasteiger partial charge in [0.15, 0.2) is 0 Å². The van der Waals surface area contributed by atoms with Crippen LogP contribution in [0, 0.1) is 0 Å². The fourth-order valence-corrected chi connectivity index (χ4v) is 4.57. The van der Waals surface area contributed by atoms with E-state index in [1.54, 1.807) is 54.6 Å². The highest BCUT2D eigenvalue weighted by molar-refractivity contribution is 6.51. The van der Waals surface area contributed by atoms with Gasteiger partial charge in [-0.25, -0.2) is 0 Å². The van der Waals surface area contributed by atoms with Crippen molar-refractivity contribution in [2.45, 2.75) is 18.9 Å². The van der Waals surface area contributed by atoms with Crippen LogP contribution in [-0.4, -0.2) is 41.6 Å². The van der Waals surface area contributed by atoms with Gasteiger partial charge in [-0.1, -0.05) is 24.3 Å². The third kappa shape index (κ3) is 4.07. The van der Waals surface area contributed by atoms with Gasteiger partial charge in [0.05, 0.1) is 31.8 Å². The van der Waals surface area contributed by atoms with Crippen molar-refractivity contribution in [3.8, 4) is 11.5 Å². The third-order valence-electron chi connectivity index (χ3n) is 6.41. The molecule has 5 rings (SSSR count). The Kier molecular flexibility index (Phi) is 5.93. The van der Waals surface area contributed by atoms with Crippen molar-refractivity contribution in [1.82, 2.24) is 0 Å². The summed E-state index contributed by atoms with van der Waals surface area (Å²) < 4.78 is 10.2. The number of phenols is 1. The lowest BCUT2D eigenvalue weighted by atomic mass is 9.94. The van der Waals surface area contributed by atoms with Crippen molar-refractivity contribution in [2.75, 3.05) is 18.6 Å². The SMILES string of the molecule is COC(=O)Cc1ccc(N2C(=O)C(=O)/C(=C(\O)c3ccc4c(c3)CCO4)C2c2ccc(O)cc2)cc1. The molecule has 0 saturated carbocycles. The van der Waals surface area contributed by atoms with Gasteiger partial charge < -0.3 is 19.7 Å². The van der Waals surface area contributed by atoms with Crippen LogP contribution in [-0.2, 0) is 32.0 Å². The van der Waals surface area contributed by atoms with Crippen LogP contribution in [0.15, 0.2) is 72.3 Å². The summed E-state index contributed by atoms with van der Waals surface area (Å²) in [5.41, 5.74) is 2.92. The highest BCUT2D eigenvalue weighted by atomic mass is 16.5.